The molecule has 0 radical (unpaired) electrons. The van der Waals surface area contributed by atoms with Gasteiger partial charge >= 0.3 is 0 Å². The molecule has 1 N–H and O–H groups in total. The lowest BCUT2D eigenvalue weighted by molar-refractivity contribution is 0.753. The molecule has 0 spiro atoms. The fourth-order valence-electron chi connectivity index (χ4n) is 5.22. The number of nitrogens with zero attached hydrogens (tertiary/aromatic N) is 1. The summed E-state index contributed by atoms with van der Waals surface area (Å²) in [6.45, 7) is 1.05. The first-order valence-corrected chi connectivity index (χ1v) is 13.7. The Kier molecular flexibility index (Phi) is 6.22. The molecule has 1 fully saturated rings. The molecule has 35 heavy (non-hydrogen) atoms. The molecule has 0 aromatic heterocycles. The number of hydrogen-bond acceptors (Lipinski definition) is 2. The average Bonchev–Trinajstić information content (AvgIpc) is 3.38. The van der Waals surface area contributed by atoms with E-state index < -0.39 is 7.92 Å². The van der Waals surface area contributed by atoms with Gasteiger partial charge in [-0.05, 0) is 48.9 Å². The first-order valence-electron chi connectivity index (χ1n) is 12.4. The molecule has 3 heteroatoms. The molecule has 0 saturated carbocycles. The van der Waals surface area contributed by atoms with Gasteiger partial charge in [-0.3, -0.25) is 0 Å². The normalized spacial score (nSPS) is 15.6. The highest BCUT2D eigenvalue weighted by Crippen LogP contribution is 2.41. The molecule has 5 aromatic carbocycles. The van der Waals surface area contributed by atoms with E-state index in [1.54, 1.807) is 0 Å². The third-order valence-corrected chi connectivity index (χ3v) is 9.27. The maximum atomic E-state index is 3.83. The van der Waals surface area contributed by atoms with E-state index in [1.807, 2.05) is 0 Å². The minimum atomic E-state index is -0.704. The Morgan fingerprint density at radius 1 is 0.629 bits per heavy atom. The second kappa shape index (κ2) is 9.94. The summed E-state index contributed by atoms with van der Waals surface area (Å²) in [5.74, 6) is 0. The van der Waals surface area contributed by atoms with Crippen molar-refractivity contribution in [2.45, 2.75) is 19.0 Å². The summed E-state index contributed by atoms with van der Waals surface area (Å²) in [5, 5.41) is 10.7. The molecule has 172 valence electrons. The van der Waals surface area contributed by atoms with Crippen molar-refractivity contribution < 1.29 is 0 Å². The first kappa shape index (κ1) is 21.9. The van der Waals surface area contributed by atoms with Crippen LogP contribution < -0.4 is 26.1 Å². The van der Waals surface area contributed by atoms with E-state index in [-0.39, 0.29) is 6.17 Å². The van der Waals surface area contributed by atoms with Gasteiger partial charge in [-0.15, -0.1) is 0 Å². The van der Waals surface area contributed by atoms with Crippen LogP contribution in [0.4, 0.5) is 11.4 Å². The number of rotatable bonds is 6. The number of fused-ring (bicyclic) bond motifs is 1. The third kappa shape index (κ3) is 4.43. The predicted molar refractivity (Wildman–Crippen MR) is 153 cm³/mol. The molecular formula is C32H29N2P. The number of nitrogens with one attached hydrogen (secondary N) is 1. The van der Waals surface area contributed by atoms with Crippen molar-refractivity contribution >= 4 is 46.0 Å². The number of benzene rings is 5. The van der Waals surface area contributed by atoms with Crippen LogP contribution in [0.15, 0.2) is 127 Å². The van der Waals surface area contributed by atoms with Crippen molar-refractivity contribution in [1.29, 1.82) is 0 Å². The van der Waals surface area contributed by atoms with E-state index in [4.69, 9.17) is 0 Å². The van der Waals surface area contributed by atoms with Crippen molar-refractivity contribution in [2.75, 3.05) is 16.8 Å². The van der Waals surface area contributed by atoms with Crippen molar-refractivity contribution in [2.24, 2.45) is 0 Å². The predicted octanol–water partition coefficient (Wildman–Crippen LogP) is 6.64. The second-order valence-corrected chi connectivity index (χ2v) is 11.2. The van der Waals surface area contributed by atoms with E-state index in [2.05, 4.69) is 138 Å². The quantitative estimate of drug-likeness (QED) is 0.279. The monoisotopic (exact) mass is 472 g/mol. The number of anilines is 2. The largest absolute Gasteiger partial charge is 0.365 e. The van der Waals surface area contributed by atoms with Crippen LogP contribution >= 0.6 is 7.92 Å². The Balaban J connectivity index is 1.54. The minimum absolute atomic E-state index is 0.269. The summed E-state index contributed by atoms with van der Waals surface area (Å²) in [4.78, 5) is 2.63. The Morgan fingerprint density at radius 2 is 1.23 bits per heavy atom. The van der Waals surface area contributed by atoms with Crippen molar-refractivity contribution in [3.8, 4) is 0 Å². The molecule has 1 atom stereocenters. The van der Waals surface area contributed by atoms with E-state index >= 15 is 0 Å². The van der Waals surface area contributed by atoms with Crippen LogP contribution in [-0.4, -0.2) is 12.7 Å². The Bertz CT molecular complexity index is 1360. The van der Waals surface area contributed by atoms with Gasteiger partial charge in [0.2, 0.25) is 0 Å². The summed E-state index contributed by atoms with van der Waals surface area (Å²) in [7, 11) is -0.704. The molecule has 1 saturated heterocycles. The SMILES string of the molecule is c1ccc(N[C@@H]2CCCN2c2c(P(c3ccccc3)c3ccccc3)ccc3ccccc23)cc1. The standard InChI is InChI=1S/C32H29N2P/c1-4-14-26(15-5-1)33-31-21-12-24-34(31)32-29-20-11-10-13-25(29)22-23-30(32)35(27-16-6-2-7-17-27)28-18-8-3-9-19-28/h1-11,13-20,22-23,31,33H,12,21,24H2/t31-/m0/s1. The fraction of sp³-hybridized carbons (Fsp3) is 0.125. The molecule has 1 aliphatic rings. The maximum Gasteiger partial charge on any atom is 0.0990 e. The van der Waals surface area contributed by atoms with Gasteiger partial charge in [-0.1, -0.05) is 115 Å². The van der Waals surface area contributed by atoms with E-state index in [0.717, 1.165) is 13.0 Å². The number of hydrogen-bond donors (Lipinski definition) is 1. The summed E-state index contributed by atoms with van der Waals surface area (Å²) in [5.41, 5.74) is 2.56. The van der Waals surface area contributed by atoms with Gasteiger partial charge < -0.3 is 10.2 Å². The van der Waals surface area contributed by atoms with Gasteiger partial charge in [0, 0.05) is 22.9 Å². The highest BCUT2D eigenvalue weighted by Gasteiger charge is 2.30. The van der Waals surface area contributed by atoms with Gasteiger partial charge in [0.25, 0.3) is 0 Å². The lowest BCUT2D eigenvalue weighted by Crippen LogP contribution is -2.39. The smallest absolute Gasteiger partial charge is 0.0990 e. The van der Waals surface area contributed by atoms with Crippen LogP contribution in [0.3, 0.4) is 0 Å². The highest BCUT2D eigenvalue weighted by atomic mass is 31.1. The van der Waals surface area contributed by atoms with Crippen molar-refractivity contribution in [1.82, 2.24) is 0 Å². The molecule has 1 heterocycles. The van der Waals surface area contributed by atoms with Gasteiger partial charge in [0.05, 0.1) is 11.9 Å². The van der Waals surface area contributed by atoms with Crippen LogP contribution in [0, 0.1) is 0 Å². The molecule has 5 aromatic rings. The zero-order valence-corrected chi connectivity index (χ0v) is 20.6. The van der Waals surface area contributed by atoms with Crippen LogP contribution in [0.25, 0.3) is 10.8 Å². The number of para-hydroxylation sites is 1. The molecule has 0 unspecified atom stereocenters. The first-order chi connectivity index (χ1) is 17.4. The maximum absolute atomic E-state index is 3.83. The molecular weight excluding hydrogens is 443 g/mol. The zero-order valence-electron chi connectivity index (χ0n) is 19.7. The van der Waals surface area contributed by atoms with Gasteiger partial charge in [0.15, 0.2) is 0 Å². The molecule has 6 rings (SSSR count). The summed E-state index contributed by atoms with van der Waals surface area (Å²) >= 11 is 0. The van der Waals surface area contributed by atoms with E-state index in [0.29, 0.717) is 0 Å². The molecule has 0 bridgehead atoms. The van der Waals surface area contributed by atoms with Crippen LogP contribution in [-0.2, 0) is 0 Å². The zero-order chi connectivity index (χ0) is 23.5. The van der Waals surface area contributed by atoms with Gasteiger partial charge in [-0.2, -0.15) is 0 Å². The molecule has 2 nitrogen and oxygen atoms in total. The van der Waals surface area contributed by atoms with Crippen molar-refractivity contribution in [3.63, 3.8) is 0 Å². The Labute approximate surface area is 209 Å². The second-order valence-electron chi connectivity index (χ2n) is 9.02. The van der Waals surface area contributed by atoms with Crippen LogP contribution in [0.5, 0.6) is 0 Å². The van der Waals surface area contributed by atoms with Crippen LogP contribution in [0.1, 0.15) is 12.8 Å². The fourth-order valence-corrected chi connectivity index (χ4v) is 7.70. The molecule has 0 amide bonds. The van der Waals surface area contributed by atoms with Crippen LogP contribution in [0.2, 0.25) is 0 Å². The van der Waals surface area contributed by atoms with Gasteiger partial charge in [-0.25, -0.2) is 0 Å². The summed E-state index contributed by atoms with van der Waals surface area (Å²) < 4.78 is 0. The minimum Gasteiger partial charge on any atom is -0.365 e. The topological polar surface area (TPSA) is 15.3 Å². The van der Waals surface area contributed by atoms with Gasteiger partial charge in [0.1, 0.15) is 0 Å². The Morgan fingerprint density at radius 3 is 1.91 bits per heavy atom. The third-order valence-electron chi connectivity index (χ3n) is 6.80. The molecule has 1 aliphatic heterocycles. The lowest BCUT2D eigenvalue weighted by Gasteiger charge is -2.33. The van der Waals surface area contributed by atoms with Crippen molar-refractivity contribution in [3.05, 3.63) is 127 Å². The Hall–Kier alpha value is -3.61. The lowest BCUT2D eigenvalue weighted by atomic mass is 10.1. The highest BCUT2D eigenvalue weighted by molar-refractivity contribution is 7.80. The molecule has 0 aliphatic carbocycles. The average molecular weight is 473 g/mol. The summed E-state index contributed by atoms with van der Waals surface area (Å²) in [6, 6.07) is 46.3. The van der Waals surface area contributed by atoms with E-state index in [9.17, 15) is 0 Å². The summed E-state index contributed by atoms with van der Waals surface area (Å²) in [6.07, 6.45) is 2.58. The van der Waals surface area contributed by atoms with E-state index in [1.165, 1.54) is 44.5 Å².